The molecule has 2 aromatic carbocycles. The lowest BCUT2D eigenvalue weighted by Gasteiger charge is -2.23. The minimum absolute atomic E-state index is 0.161. The van der Waals surface area contributed by atoms with Crippen LogP contribution in [0.2, 0.25) is 5.02 Å². The van der Waals surface area contributed by atoms with Gasteiger partial charge in [0.05, 0.1) is 22.5 Å². The van der Waals surface area contributed by atoms with E-state index in [0.717, 1.165) is 45.4 Å². The third-order valence-electron chi connectivity index (χ3n) is 6.31. The highest BCUT2D eigenvalue weighted by molar-refractivity contribution is 9.10. The summed E-state index contributed by atoms with van der Waals surface area (Å²) in [6.45, 7) is 2.09. The van der Waals surface area contributed by atoms with E-state index in [-0.39, 0.29) is 28.9 Å². The van der Waals surface area contributed by atoms with E-state index in [9.17, 15) is 9.59 Å². The maximum absolute atomic E-state index is 12.0. The highest BCUT2D eigenvalue weighted by atomic mass is 79.9. The Kier molecular flexibility index (Phi) is 5.98. The zero-order chi connectivity index (χ0) is 24.9. The summed E-state index contributed by atoms with van der Waals surface area (Å²) in [5, 5.41) is 0.684. The predicted molar refractivity (Wildman–Crippen MR) is 142 cm³/mol. The quantitative estimate of drug-likeness (QED) is 0.257. The van der Waals surface area contributed by atoms with Gasteiger partial charge in [-0.25, -0.2) is 9.97 Å². The predicted octanol–water partition coefficient (Wildman–Crippen LogP) is 4.21. The van der Waals surface area contributed by atoms with Crippen molar-refractivity contribution in [3.8, 4) is 22.3 Å². The van der Waals surface area contributed by atoms with E-state index in [1.807, 2.05) is 30.3 Å². The number of fused-ring (bicyclic) bond motifs is 6. The van der Waals surface area contributed by atoms with Gasteiger partial charge in [-0.15, -0.1) is 0 Å². The van der Waals surface area contributed by atoms with E-state index in [1.165, 1.54) is 5.56 Å². The van der Waals surface area contributed by atoms with Crippen molar-refractivity contribution in [2.24, 2.45) is 0 Å². The van der Waals surface area contributed by atoms with Crippen molar-refractivity contribution in [3.63, 3.8) is 0 Å². The number of nitrogens with one attached hydrogen (secondary N) is 2. The Balaban J connectivity index is 0.000000145. The normalized spacial score (nSPS) is 15.1. The first kappa shape index (κ1) is 23.3. The molecule has 0 saturated heterocycles. The fraction of sp³-hybridized carbons (Fsp3) is 0.200. The number of nitrogen functional groups attached to an aromatic ring is 2. The van der Waals surface area contributed by atoms with Crippen LogP contribution in [0.4, 0.5) is 11.9 Å². The Morgan fingerprint density at radius 1 is 0.914 bits per heavy atom. The van der Waals surface area contributed by atoms with Crippen molar-refractivity contribution in [1.29, 1.82) is 0 Å². The lowest BCUT2D eigenvalue weighted by Crippen LogP contribution is -2.22. The Bertz CT molecular complexity index is 1600. The number of H-pyrrole nitrogens is 2. The minimum atomic E-state index is -0.187. The summed E-state index contributed by atoms with van der Waals surface area (Å²) in [4.78, 5) is 37.5. The van der Waals surface area contributed by atoms with Gasteiger partial charge in [-0.05, 0) is 71.7 Å². The third kappa shape index (κ3) is 4.37. The Labute approximate surface area is 213 Å². The number of aromatic nitrogens is 4. The van der Waals surface area contributed by atoms with Crippen LogP contribution in [0, 0.1) is 0 Å². The highest BCUT2D eigenvalue weighted by Crippen LogP contribution is 2.38. The maximum atomic E-state index is 12.0. The zero-order valence-corrected chi connectivity index (χ0v) is 21.1. The first-order valence-corrected chi connectivity index (χ1v) is 12.2. The van der Waals surface area contributed by atoms with Gasteiger partial charge in [-0.1, -0.05) is 46.6 Å². The van der Waals surface area contributed by atoms with Crippen molar-refractivity contribution in [3.05, 3.63) is 89.1 Å². The lowest BCUT2D eigenvalue weighted by atomic mass is 9.82. The number of nitrogens with zero attached hydrogens (tertiary/aromatic N) is 2. The third-order valence-corrected chi connectivity index (χ3v) is 7.04. The second-order valence-corrected chi connectivity index (χ2v) is 10.0. The molecule has 0 amide bonds. The summed E-state index contributed by atoms with van der Waals surface area (Å²) in [7, 11) is 0. The van der Waals surface area contributed by atoms with Gasteiger partial charge in [0, 0.05) is 9.50 Å². The summed E-state index contributed by atoms with van der Waals surface area (Å²) >= 11 is 9.44. The van der Waals surface area contributed by atoms with Crippen LogP contribution in [0.5, 0.6) is 0 Å². The standard InChI is InChI=1S/C13H12ClN3O.C12H10BrN3O/c1-6-4-10-11(12(18)17-13(15)16-10)8-3-2-7(14)5-9(6)8;13-7-3-1-6-2-4-9-10(8(6)5-7)11(17)16-12(14)15-9/h2-3,5-6H,4H2,1H3,(H3,15,16,17,18);1,3,5H,2,4H2,(H3,14,15,16,17). The Hall–Kier alpha value is -3.43. The number of aromatic amines is 2. The van der Waals surface area contributed by atoms with E-state index in [0.29, 0.717) is 22.6 Å². The molecule has 1 atom stereocenters. The van der Waals surface area contributed by atoms with Crippen LogP contribution in [0.25, 0.3) is 22.3 Å². The van der Waals surface area contributed by atoms with Gasteiger partial charge in [-0.3, -0.25) is 19.6 Å². The molecule has 0 aliphatic heterocycles. The minimum Gasteiger partial charge on any atom is -0.369 e. The molecule has 6 N–H and O–H groups in total. The van der Waals surface area contributed by atoms with Crippen LogP contribution >= 0.6 is 27.5 Å². The van der Waals surface area contributed by atoms with E-state index < -0.39 is 0 Å². The number of anilines is 2. The topological polar surface area (TPSA) is 144 Å². The molecule has 178 valence electrons. The van der Waals surface area contributed by atoms with Gasteiger partial charge in [0.2, 0.25) is 11.9 Å². The molecule has 2 aromatic heterocycles. The largest absolute Gasteiger partial charge is 0.369 e. The van der Waals surface area contributed by atoms with Gasteiger partial charge in [0.1, 0.15) is 0 Å². The van der Waals surface area contributed by atoms with Crippen molar-refractivity contribution in [2.45, 2.75) is 32.1 Å². The molecule has 2 heterocycles. The lowest BCUT2D eigenvalue weighted by molar-refractivity contribution is 0.726. The first-order valence-electron chi connectivity index (χ1n) is 11.1. The maximum Gasteiger partial charge on any atom is 0.260 e. The SMILES string of the molecule is CC1Cc2nc(N)[nH]c(=O)c2-c2ccc(Cl)cc21.Nc1nc2c(c(=O)[nH]1)-c1cc(Br)ccc1CC2. The summed E-state index contributed by atoms with van der Waals surface area (Å²) in [6.07, 6.45) is 2.36. The van der Waals surface area contributed by atoms with Gasteiger partial charge in [0.25, 0.3) is 11.1 Å². The average Bonchev–Trinajstić information content (AvgIpc) is 2.78. The van der Waals surface area contributed by atoms with Gasteiger partial charge in [-0.2, -0.15) is 0 Å². The monoisotopic (exact) mass is 552 g/mol. The van der Waals surface area contributed by atoms with E-state index >= 15 is 0 Å². The first-order chi connectivity index (χ1) is 16.7. The van der Waals surface area contributed by atoms with Crippen LogP contribution in [0.3, 0.4) is 0 Å². The number of benzene rings is 2. The molecule has 35 heavy (non-hydrogen) atoms. The summed E-state index contributed by atoms with van der Waals surface area (Å²) in [5.74, 6) is 0.635. The van der Waals surface area contributed by atoms with E-state index in [4.69, 9.17) is 23.1 Å². The molecule has 8 nitrogen and oxygen atoms in total. The van der Waals surface area contributed by atoms with Crippen molar-refractivity contribution in [2.75, 3.05) is 11.5 Å². The number of hydrogen-bond donors (Lipinski definition) is 4. The smallest absolute Gasteiger partial charge is 0.260 e. The second kappa shape index (κ2) is 8.98. The number of aryl methyl sites for hydroxylation is 2. The number of nitrogens with two attached hydrogens (primary N) is 2. The van der Waals surface area contributed by atoms with Crippen LogP contribution in [0.1, 0.15) is 35.4 Å². The van der Waals surface area contributed by atoms with Gasteiger partial charge < -0.3 is 11.5 Å². The summed E-state index contributed by atoms with van der Waals surface area (Å²) in [5.41, 5.74) is 17.7. The van der Waals surface area contributed by atoms with Gasteiger partial charge >= 0.3 is 0 Å². The summed E-state index contributed by atoms with van der Waals surface area (Å²) in [6, 6.07) is 11.6. The van der Waals surface area contributed by atoms with Crippen LogP contribution < -0.4 is 22.6 Å². The molecule has 10 heteroatoms. The Morgan fingerprint density at radius 2 is 1.57 bits per heavy atom. The van der Waals surface area contributed by atoms with Crippen LogP contribution in [-0.2, 0) is 19.3 Å². The van der Waals surface area contributed by atoms with Crippen molar-refractivity contribution < 1.29 is 0 Å². The van der Waals surface area contributed by atoms with E-state index in [2.05, 4.69) is 42.8 Å². The molecular formula is C25H22BrClN6O2. The molecule has 0 bridgehead atoms. The average molecular weight is 554 g/mol. The Morgan fingerprint density at radius 3 is 2.29 bits per heavy atom. The molecular weight excluding hydrogens is 532 g/mol. The molecule has 0 spiro atoms. The molecule has 2 aliphatic carbocycles. The van der Waals surface area contributed by atoms with Gasteiger partial charge in [0.15, 0.2) is 0 Å². The highest BCUT2D eigenvalue weighted by Gasteiger charge is 2.26. The van der Waals surface area contributed by atoms with Crippen molar-refractivity contribution in [1.82, 2.24) is 19.9 Å². The molecule has 6 rings (SSSR count). The van der Waals surface area contributed by atoms with Crippen LogP contribution in [0.15, 0.2) is 50.5 Å². The molecule has 2 aliphatic rings. The fourth-order valence-electron chi connectivity index (χ4n) is 4.78. The second-order valence-electron chi connectivity index (χ2n) is 8.68. The van der Waals surface area contributed by atoms with E-state index in [1.54, 1.807) is 6.07 Å². The molecule has 0 fully saturated rings. The number of hydrogen-bond acceptors (Lipinski definition) is 6. The molecule has 4 aromatic rings. The number of halogens is 2. The molecule has 0 radical (unpaired) electrons. The molecule has 1 unspecified atom stereocenters. The number of rotatable bonds is 0. The zero-order valence-electron chi connectivity index (χ0n) is 18.8. The molecule has 0 saturated carbocycles. The van der Waals surface area contributed by atoms with Crippen molar-refractivity contribution >= 4 is 39.4 Å². The fourth-order valence-corrected chi connectivity index (χ4v) is 5.33. The van der Waals surface area contributed by atoms with Crippen LogP contribution in [-0.4, -0.2) is 19.9 Å². The summed E-state index contributed by atoms with van der Waals surface area (Å²) < 4.78 is 0.959.